The van der Waals surface area contributed by atoms with Gasteiger partial charge in [0.1, 0.15) is 23.3 Å². The fraction of sp³-hybridized carbons (Fsp3) is 0.261. The molecule has 37 heavy (non-hydrogen) atoms. The number of rotatable bonds is 5. The van der Waals surface area contributed by atoms with Gasteiger partial charge in [-0.2, -0.15) is 9.40 Å². The number of nitrogens with one attached hydrogen (secondary N) is 1. The minimum atomic E-state index is -4.47. The summed E-state index contributed by atoms with van der Waals surface area (Å²) in [5, 5.41) is 6.71. The van der Waals surface area contributed by atoms with E-state index in [0.29, 0.717) is 18.2 Å². The topological polar surface area (TPSA) is 137 Å². The Morgan fingerprint density at radius 1 is 1.11 bits per heavy atom. The summed E-state index contributed by atoms with van der Waals surface area (Å²) in [6, 6.07) is 5.02. The highest BCUT2D eigenvalue weighted by atomic mass is 32.2. The number of anilines is 2. The van der Waals surface area contributed by atoms with Crippen LogP contribution in [0.2, 0.25) is 0 Å². The quantitative estimate of drug-likeness (QED) is 0.475. The van der Waals surface area contributed by atoms with Crippen molar-refractivity contribution in [3.63, 3.8) is 0 Å². The molecule has 0 saturated heterocycles. The predicted octanol–water partition coefficient (Wildman–Crippen LogP) is 3.58. The Hall–Kier alpha value is -3.91. The van der Waals surface area contributed by atoms with Crippen LogP contribution < -0.4 is 11.1 Å². The van der Waals surface area contributed by atoms with Crippen LogP contribution in [0, 0.1) is 17.5 Å². The van der Waals surface area contributed by atoms with Gasteiger partial charge in [-0.1, -0.05) is 0 Å². The van der Waals surface area contributed by atoms with E-state index in [9.17, 15) is 31.2 Å². The van der Waals surface area contributed by atoms with Crippen molar-refractivity contribution < 1.29 is 35.9 Å². The lowest BCUT2D eigenvalue weighted by atomic mass is 10.0. The summed E-state index contributed by atoms with van der Waals surface area (Å²) in [5.74, 6) is -3.84. The van der Waals surface area contributed by atoms with Crippen LogP contribution >= 0.6 is 0 Å². The molecule has 3 aromatic rings. The summed E-state index contributed by atoms with van der Waals surface area (Å²) in [6.45, 7) is 4.10. The van der Waals surface area contributed by atoms with E-state index >= 15 is 0 Å². The molecule has 0 atom stereocenters. The number of carbonyl (C=O) groups excluding carboxylic acids is 2. The van der Waals surface area contributed by atoms with Crippen molar-refractivity contribution in [1.82, 2.24) is 14.1 Å². The SMILES string of the molecule is CCOC(=O)n1nc2c(c1NC(=O)c1ccc(F)cc1N)CN(S(=O)(=O)c1cc(F)cc(F)c1)C2(C)C. The van der Waals surface area contributed by atoms with Gasteiger partial charge in [0.2, 0.25) is 10.0 Å². The van der Waals surface area contributed by atoms with Gasteiger partial charge in [-0.05, 0) is 51.1 Å². The van der Waals surface area contributed by atoms with Crippen molar-refractivity contribution in [2.45, 2.75) is 37.8 Å². The van der Waals surface area contributed by atoms with Gasteiger partial charge in [-0.3, -0.25) is 4.79 Å². The summed E-state index contributed by atoms with van der Waals surface area (Å²) >= 11 is 0. The number of amides is 1. The first-order valence-electron chi connectivity index (χ1n) is 10.9. The molecule has 0 bridgehead atoms. The van der Waals surface area contributed by atoms with E-state index in [1.807, 2.05) is 0 Å². The maximum absolute atomic E-state index is 13.8. The van der Waals surface area contributed by atoms with E-state index in [1.165, 1.54) is 13.8 Å². The van der Waals surface area contributed by atoms with Crippen molar-refractivity contribution in [2.24, 2.45) is 0 Å². The molecule has 0 fully saturated rings. The van der Waals surface area contributed by atoms with Crippen molar-refractivity contribution in [3.05, 3.63) is 70.7 Å². The van der Waals surface area contributed by atoms with Crippen LogP contribution in [0.15, 0.2) is 41.3 Å². The predicted molar refractivity (Wildman–Crippen MR) is 126 cm³/mol. The molecule has 196 valence electrons. The van der Waals surface area contributed by atoms with Gasteiger partial charge in [-0.25, -0.2) is 26.4 Å². The number of benzene rings is 2. The zero-order valence-electron chi connectivity index (χ0n) is 19.9. The van der Waals surface area contributed by atoms with Gasteiger partial charge in [0.05, 0.1) is 28.3 Å². The van der Waals surface area contributed by atoms with Crippen molar-refractivity contribution in [1.29, 1.82) is 0 Å². The Kier molecular flexibility index (Phi) is 6.50. The zero-order chi connectivity index (χ0) is 27.3. The number of ether oxygens (including phenoxy) is 1. The number of aromatic nitrogens is 2. The molecule has 1 amide bonds. The highest BCUT2D eigenvalue weighted by molar-refractivity contribution is 7.89. The second kappa shape index (κ2) is 9.19. The van der Waals surface area contributed by atoms with Crippen LogP contribution in [-0.2, 0) is 26.8 Å². The number of nitrogen functional groups attached to an aromatic ring is 1. The van der Waals surface area contributed by atoms with Crippen LogP contribution in [0.4, 0.5) is 29.5 Å². The van der Waals surface area contributed by atoms with E-state index in [0.717, 1.165) is 27.2 Å². The van der Waals surface area contributed by atoms with E-state index in [4.69, 9.17) is 10.5 Å². The molecule has 2 aromatic carbocycles. The zero-order valence-corrected chi connectivity index (χ0v) is 20.7. The molecule has 3 N–H and O–H groups in total. The third kappa shape index (κ3) is 4.53. The largest absolute Gasteiger partial charge is 0.448 e. The smallest absolute Gasteiger partial charge is 0.436 e. The van der Waals surface area contributed by atoms with Gasteiger partial charge in [0.25, 0.3) is 5.91 Å². The number of nitrogens with two attached hydrogens (primary N) is 1. The number of sulfonamides is 1. The third-order valence-corrected chi connectivity index (χ3v) is 7.84. The lowest BCUT2D eigenvalue weighted by molar-refractivity contribution is 0.102. The van der Waals surface area contributed by atoms with Crippen molar-refractivity contribution >= 4 is 33.5 Å². The van der Waals surface area contributed by atoms with Crippen LogP contribution in [0.3, 0.4) is 0 Å². The first kappa shape index (κ1) is 26.2. The highest BCUT2D eigenvalue weighted by Crippen LogP contribution is 2.45. The monoisotopic (exact) mass is 537 g/mol. The molecular weight excluding hydrogens is 515 g/mol. The number of fused-ring (bicyclic) bond motifs is 1. The summed E-state index contributed by atoms with van der Waals surface area (Å²) in [7, 11) is -4.47. The molecule has 10 nitrogen and oxygen atoms in total. The number of carbonyl (C=O) groups is 2. The maximum atomic E-state index is 13.8. The molecule has 0 aliphatic carbocycles. The van der Waals surface area contributed by atoms with E-state index in [2.05, 4.69) is 10.4 Å². The first-order chi connectivity index (χ1) is 17.3. The Morgan fingerprint density at radius 2 is 1.76 bits per heavy atom. The van der Waals surface area contributed by atoms with Crippen molar-refractivity contribution in [2.75, 3.05) is 17.7 Å². The van der Waals surface area contributed by atoms with Crippen LogP contribution in [0.25, 0.3) is 0 Å². The molecule has 0 spiro atoms. The summed E-state index contributed by atoms with van der Waals surface area (Å²) in [4.78, 5) is 25.0. The lowest BCUT2D eigenvalue weighted by Crippen LogP contribution is -2.41. The lowest BCUT2D eigenvalue weighted by Gasteiger charge is -2.30. The average molecular weight is 538 g/mol. The molecule has 0 radical (unpaired) electrons. The minimum Gasteiger partial charge on any atom is -0.448 e. The van der Waals surface area contributed by atoms with E-state index in [1.54, 1.807) is 6.92 Å². The Morgan fingerprint density at radius 3 is 2.35 bits per heavy atom. The Balaban J connectivity index is 1.80. The molecule has 14 heteroatoms. The minimum absolute atomic E-state index is 0.0172. The van der Waals surface area contributed by atoms with Gasteiger partial charge in [0.15, 0.2) is 0 Å². The van der Waals surface area contributed by atoms with E-state index in [-0.39, 0.29) is 34.9 Å². The molecular formula is C23H22F3N5O5S. The number of nitrogens with zero attached hydrogens (tertiary/aromatic N) is 3. The summed E-state index contributed by atoms with van der Waals surface area (Å²) in [6.07, 6.45) is -0.948. The van der Waals surface area contributed by atoms with Gasteiger partial charge in [-0.15, -0.1) is 4.68 Å². The fourth-order valence-corrected chi connectivity index (χ4v) is 5.87. The summed E-state index contributed by atoms with van der Waals surface area (Å²) < 4.78 is 74.6. The summed E-state index contributed by atoms with van der Waals surface area (Å²) in [5.41, 5.74) is 4.31. The number of hydrogen-bond acceptors (Lipinski definition) is 7. The third-order valence-electron chi connectivity index (χ3n) is 5.84. The average Bonchev–Trinajstić information content (AvgIpc) is 3.28. The van der Waals surface area contributed by atoms with E-state index < -0.39 is 56.5 Å². The maximum Gasteiger partial charge on any atom is 0.436 e. The molecule has 4 rings (SSSR count). The molecule has 1 aliphatic heterocycles. The Bertz CT molecular complexity index is 1520. The van der Waals surface area contributed by atoms with Gasteiger partial charge in [0, 0.05) is 23.9 Å². The molecule has 0 unspecified atom stereocenters. The van der Waals surface area contributed by atoms with Gasteiger partial charge < -0.3 is 15.8 Å². The van der Waals surface area contributed by atoms with Crippen molar-refractivity contribution in [3.8, 4) is 0 Å². The first-order valence-corrected chi connectivity index (χ1v) is 12.4. The number of hydrogen-bond donors (Lipinski definition) is 2. The molecule has 2 heterocycles. The van der Waals surface area contributed by atoms with Crippen LogP contribution in [-0.4, -0.2) is 41.1 Å². The second-order valence-electron chi connectivity index (χ2n) is 8.65. The standard InChI is InChI=1S/C23H22F3N5O5S/c1-4-36-22(33)31-20(28-21(32)16-6-5-12(24)10-18(16)27)17-11-30(23(2,3)19(17)29-31)37(34,35)15-8-13(25)7-14(26)9-15/h5-10H,4,11,27H2,1-3H3,(H,28,32). The fourth-order valence-electron chi connectivity index (χ4n) is 4.10. The van der Waals surface area contributed by atoms with Gasteiger partial charge >= 0.3 is 6.09 Å². The highest BCUT2D eigenvalue weighted by Gasteiger charge is 2.49. The number of halogens is 3. The Labute approximate surface area is 209 Å². The normalized spacial score (nSPS) is 14.9. The second-order valence-corrected chi connectivity index (χ2v) is 10.5. The van der Waals surface area contributed by atoms with Crippen LogP contribution in [0.1, 0.15) is 42.4 Å². The molecule has 0 saturated carbocycles. The van der Waals surface area contributed by atoms with Crippen LogP contribution in [0.5, 0.6) is 0 Å². The molecule has 1 aromatic heterocycles. The molecule has 1 aliphatic rings.